The molecule has 0 aromatic heterocycles. The topological polar surface area (TPSA) is 17.1 Å². The van der Waals surface area contributed by atoms with Gasteiger partial charge in [-0.2, -0.15) is 13.2 Å². The van der Waals surface area contributed by atoms with Gasteiger partial charge >= 0.3 is 6.18 Å². The highest BCUT2D eigenvalue weighted by Crippen LogP contribution is 2.36. The maximum atomic E-state index is 12.9. The highest BCUT2D eigenvalue weighted by atomic mass is 19.4. The molecule has 0 heterocycles. The van der Waals surface area contributed by atoms with E-state index >= 15 is 0 Å². The number of carbonyl (C=O) groups excluding carboxylic acids is 1. The number of ketones is 1. The van der Waals surface area contributed by atoms with Crippen LogP contribution in [-0.4, -0.2) is 5.78 Å². The zero-order valence-corrected chi connectivity index (χ0v) is 10.1. The second-order valence-electron chi connectivity index (χ2n) is 4.17. The molecule has 0 aliphatic carbocycles. The molecule has 1 aromatic rings. The molecule has 4 heteroatoms. The van der Waals surface area contributed by atoms with Gasteiger partial charge in [0, 0.05) is 5.56 Å². The van der Waals surface area contributed by atoms with Crippen molar-refractivity contribution in [1.82, 2.24) is 0 Å². The molecule has 0 saturated carbocycles. The van der Waals surface area contributed by atoms with E-state index in [1.54, 1.807) is 6.92 Å². The number of halogens is 3. The lowest BCUT2D eigenvalue weighted by atomic mass is 9.91. The van der Waals surface area contributed by atoms with Gasteiger partial charge in [-0.1, -0.05) is 26.0 Å². The molecule has 0 fully saturated rings. The van der Waals surface area contributed by atoms with E-state index < -0.39 is 11.7 Å². The molecule has 0 amide bonds. The fourth-order valence-corrected chi connectivity index (χ4v) is 1.67. The number of hydrogen-bond acceptors (Lipinski definition) is 1. The molecule has 0 saturated heterocycles. The molecule has 0 spiro atoms. The predicted molar refractivity (Wildman–Crippen MR) is 60.2 cm³/mol. The zero-order valence-electron chi connectivity index (χ0n) is 10.1. The SMILES string of the molecule is CCC(C)c1ccc(C(C)=O)cc1C(F)(F)F. The number of alkyl halides is 3. The molecule has 0 N–H and O–H groups in total. The number of carbonyl (C=O) groups is 1. The van der Waals surface area contributed by atoms with Crippen molar-refractivity contribution >= 4 is 5.78 Å². The maximum absolute atomic E-state index is 12.9. The van der Waals surface area contributed by atoms with Crippen LogP contribution in [0.4, 0.5) is 13.2 Å². The lowest BCUT2D eigenvalue weighted by molar-refractivity contribution is -0.138. The van der Waals surface area contributed by atoms with Crippen LogP contribution in [0.5, 0.6) is 0 Å². The molecule has 94 valence electrons. The van der Waals surface area contributed by atoms with Gasteiger partial charge in [-0.05, 0) is 30.9 Å². The van der Waals surface area contributed by atoms with Gasteiger partial charge in [0.25, 0.3) is 0 Å². The maximum Gasteiger partial charge on any atom is 0.416 e. The lowest BCUT2D eigenvalue weighted by Crippen LogP contribution is -2.12. The summed E-state index contributed by atoms with van der Waals surface area (Å²) in [6.07, 6.45) is -3.78. The van der Waals surface area contributed by atoms with Crippen LogP contribution in [0.25, 0.3) is 0 Å². The van der Waals surface area contributed by atoms with E-state index in [2.05, 4.69) is 0 Å². The first-order valence-electron chi connectivity index (χ1n) is 5.49. The van der Waals surface area contributed by atoms with E-state index in [0.29, 0.717) is 6.42 Å². The Morgan fingerprint density at radius 3 is 2.35 bits per heavy atom. The highest BCUT2D eigenvalue weighted by molar-refractivity contribution is 5.94. The monoisotopic (exact) mass is 244 g/mol. The Morgan fingerprint density at radius 2 is 1.94 bits per heavy atom. The molecule has 1 unspecified atom stereocenters. The van der Waals surface area contributed by atoms with Gasteiger partial charge in [-0.15, -0.1) is 0 Å². The van der Waals surface area contributed by atoms with Crippen molar-refractivity contribution in [2.24, 2.45) is 0 Å². The number of hydrogen-bond donors (Lipinski definition) is 0. The first-order valence-corrected chi connectivity index (χ1v) is 5.49. The third kappa shape index (κ3) is 3.08. The first-order chi connectivity index (χ1) is 7.77. The minimum Gasteiger partial charge on any atom is -0.295 e. The summed E-state index contributed by atoms with van der Waals surface area (Å²) in [6.45, 7) is 4.85. The highest BCUT2D eigenvalue weighted by Gasteiger charge is 2.34. The van der Waals surface area contributed by atoms with Gasteiger partial charge in [-0.25, -0.2) is 0 Å². The van der Waals surface area contributed by atoms with Gasteiger partial charge in [0.05, 0.1) is 5.56 Å². The van der Waals surface area contributed by atoms with Crippen LogP contribution in [0, 0.1) is 0 Å². The summed E-state index contributed by atoms with van der Waals surface area (Å²) in [5, 5.41) is 0. The smallest absolute Gasteiger partial charge is 0.295 e. The number of rotatable bonds is 3. The normalized spacial score (nSPS) is 13.5. The Morgan fingerprint density at radius 1 is 1.35 bits per heavy atom. The summed E-state index contributed by atoms with van der Waals surface area (Å²) in [5.74, 6) is -0.529. The fraction of sp³-hybridized carbons (Fsp3) is 0.462. The second-order valence-corrected chi connectivity index (χ2v) is 4.17. The van der Waals surface area contributed by atoms with Gasteiger partial charge in [-0.3, -0.25) is 4.79 Å². The molecule has 0 radical (unpaired) electrons. The van der Waals surface area contributed by atoms with Crippen LogP contribution in [0.15, 0.2) is 18.2 Å². The summed E-state index contributed by atoms with van der Waals surface area (Å²) in [7, 11) is 0. The van der Waals surface area contributed by atoms with Gasteiger partial charge < -0.3 is 0 Å². The molecule has 0 aliphatic rings. The molecule has 0 aliphatic heterocycles. The van der Waals surface area contributed by atoms with Crippen molar-refractivity contribution in [3.63, 3.8) is 0 Å². The van der Waals surface area contributed by atoms with Crippen molar-refractivity contribution in [2.45, 2.75) is 39.3 Å². The average Bonchev–Trinajstić information content (AvgIpc) is 2.26. The Bertz CT molecular complexity index is 421. The average molecular weight is 244 g/mol. The molecular formula is C13H15F3O. The minimum atomic E-state index is -4.41. The van der Waals surface area contributed by atoms with Crippen LogP contribution in [-0.2, 0) is 6.18 Å². The number of Topliss-reactive ketones (excluding diaryl/α,β-unsaturated/α-hetero) is 1. The van der Waals surface area contributed by atoms with E-state index in [0.717, 1.165) is 6.07 Å². The largest absolute Gasteiger partial charge is 0.416 e. The predicted octanol–water partition coefficient (Wildman–Crippen LogP) is 4.42. The molecule has 17 heavy (non-hydrogen) atoms. The Labute approximate surface area is 98.6 Å². The van der Waals surface area contributed by atoms with Crippen LogP contribution in [0.2, 0.25) is 0 Å². The van der Waals surface area contributed by atoms with E-state index in [-0.39, 0.29) is 22.8 Å². The number of benzene rings is 1. The van der Waals surface area contributed by atoms with E-state index in [9.17, 15) is 18.0 Å². The van der Waals surface area contributed by atoms with Crippen LogP contribution < -0.4 is 0 Å². The summed E-state index contributed by atoms with van der Waals surface area (Å²) >= 11 is 0. The van der Waals surface area contributed by atoms with E-state index in [1.807, 2.05) is 6.92 Å². The first kappa shape index (κ1) is 13.7. The van der Waals surface area contributed by atoms with Gasteiger partial charge in [0.2, 0.25) is 0 Å². The molecular weight excluding hydrogens is 229 g/mol. The van der Waals surface area contributed by atoms with Crippen molar-refractivity contribution in [2.75, 3.05) is 0 Å². The molecule has 1 rings (SSSR count). The summed E-state index contributed by atoms with van der Waals surface area (Å²) < 4.78 is 38.6. The quantitative estimate of drug-likeness (QED) is 0.719. The summed E-state index contributed by atoms with van der Waals surface area (Å²) in [5.41, 5.74) is -0.339. The van der Waals surface area contributed by atoms with Crippen molar-refractivity contribution in [3.05, 3.63) is 34.9 Å². The third-order valence-corrected chi connectivity index (χ3v) is 2.91. The van der Waals surface area contributed by atoms with Gasteiger partial charge in [0.15, 0.2) is 5.78 Å². The van der Waals surface area contributed by atoms with E-state index in [1.165, 1.54) is 19.1 Å². The molecule has 1 atom stereocenters. The lowest BCUT2D eigenvalue weighted by Gasteiger charge is -2.18. The Hall–Kier alpha value is -1.32. The third-order valence-electron chi connectivity index (χ3n) is 2.91. The van der Waals surface area contributed by atoms with Crippen LogP contribution in [0.1, 0.15) is 54.6 Å². The van der Waals surface area contributed by atoms with Gasteiger partial charge in [0.1, 0.15) is 0 Å². The van der Waals surface area contributed by atoms with Crippen molar-refractivity contribution in [3.8, 4) is 0 Å². The van der Waals surface area contributed by atoms with Crippen LogP contribution >= 0.6 is 0 Å². The van der Waals surface area contributed by atoms with Crippen molar-refractivity contribution in [1.29, 1.82) is 0 Å². The standard InChI is InChI=1S/C13H15F3O/c1-4-8(2)11-6-5-10(9(3)17)7-12(11)13(14,15)16/h5-8H,4H2,1-3H3. The summed E-state index contributed by atoms with van der Waals surface area (Å²) in [4.78, 5) is 11.1. The molecule has 0 bridgehead atoms. The Balaban J connectivity index is 3.37. The van der Waals surface area contributed by atoms with E-state index in [4.69, 9.17) is 0 Å². The zero-order chi connectivity index (χ0) is 13.2. The minimum absolute atomic E-state index is 0.101. The molecule has 1 nitrogen and oxygen atoms in total. The van der Waals surface area contributed by atoms with Crippen LogP contribution in [0.3, 0.4) is 0 Å². The second kappa shape index (κ2) is 4.90. The Kier molecular flexibility index (Phi) is 3.96. The molecule has 1 aromatic carbocycles. The van der Waals surface area contributed by atoms with Crippen molar-refractivity contribution < 1.29 is 18.0 Å². The summed E-state index contributed by atoms with van der Waals surface area (Å²) in [6, 6.07) is 3.82. The fourth-order valence-electron chi connectivity index (χ4n) is 1.67.